The van der Waals surface area contributed by atoms with E-state index in [4.69, 9.17) is 0 Å². The van der Waals surface area contributed by atoms with Crippen LogP contribution in [0, 0.1) is 5.92 Å². The molecule has 1 saturated heterocycles. The first kappa shape index (κ1) is 13.8. The van der Waals surface area contributed by atoms with Crippen LogP contribution in [-0.2, 0) is 0 Å². The van der Waals surface area contributed by atoms with Crippen molar-refractivity contribution in [1.82, 2.24) is 25.5 Å². The van der Waals surface area contributed by atoms with Crippen molar-refractivity contribution >= 4 is 11.8 Å². The first-order valence-electron chi connectivity index (χ1n) is 6.77. The number of thioether (sulfide) groups is 1. The molecule has 2 rings (SSSR count). The van der Waals surface area contributed by atoms with E-state index in [-0.39, 0.29) is 6.04 Å². The molecule has 0 amide bonds. The predicted octanol–water partition coefficient (Wildman–Crippen LogP) is 2.05. The van der Waals surface area contributed by atoms with Crippen LogP contribution in [0.4, 0.5) is 0 Å². The molecule has 6 heteroatoms. The van der Waals surface area contributed by atoms with Gasteiger partial charge in [-0.2, -0.15) is 11.8 Å². The highest BCUT2D eigenvalue weighted by Crippen LogP contribution is 2.27. The molecule has 18 heavy (non-hydrogen) atoms. The van der Waals surface area contributed by atoms with Gasteiger partial charge in [-0.05, 0) is 54.2 Å². The molecule has 0 aromatic carbocycles. The molecule has 2 heterocycles. The Morgan fingerprint density at radius 3 is 2.72 bits per heavy atom. The molecule has 0 radical (unpaired) electrons. The van der Waals surface area contributed by atoms with E-state index in [0.717, 1.165) is 12.4 Å². The van der Waals surface area contributed by atoms with Crippen molar-refractivity contribution in [2.24, 2.45) is 5.92 Å². The zero-order valence-electron chi connectivity index (χ0n) is 11.5. The molecule has 0 spiro atoms. The summed E-state index contributed by atoms with van der Waals surface area (Å²) in [4.78, 5) is 0. The standard InChI is InChI=1S/C12H23N5S/c1-9(2)8-13-10(3)12-14-15-16-17(12)11-4-6-18-7-5-11/h9-11,13H,4-8H2,1-3H3. The number of nitrogens with one attached hydrogen (secondary N) is 1. The molecular weight excluding hydrogens is 246 g/mol. The van der Waals surface area contributed by atoms with Gasteiger partial charge in [0, 0.05) is 0 Å². The van der Waals surface area contributed by atoms with Crippen molar-refractivity contribution in [3.05, 3.63) is 5.82 Å². The minimum atomic E-state index is 0.219. The van der Waals surface area contributed by atoms with Crippen molar-refractivity contribution in [3.8, 4) is 0 Å². The highest BCUT2D eigenvalue weighted by molar-refractivity contribution is 7.99. The second-order valence-electron chi connectivity index (χ2n) is 5.35. The van der Waals surface area contributed by atoms with Gasteiger partial charge in [0.25, 0.3) is 0 Å². The number of hydrogen-bond acceptors (Lipinski definition) is 5. The van der Waals surface area contributed by atoms with Crippen LogP contribution in [0.25, 0.3) is 0 Å². The van der Waals surface area contributed by atoms with Gasteiger partial charge in [0.2, 0.25) is 0 Å². The van der Waals surface area contributed by atoms with Gasteiger partial charge in [-0.3, -0.25) is 0 Å². The van der Waals surface area contributed by atoms with Gasteiger partial charge in [0.15, 0.2) is 5.82 Å². The lowest BCUT2D eigenvalue weighted by Gasteiger charge is -2.24. The Bertz CT molecular complexity index is 359. The lowest BCUT2D eigenvalue weighted by Crippen LogP contribution is -2.28. The Labute approximate surface area is 113 Å². The molecule has 1 N–H and O–H groups in total. The minimum absolute atomic E-state index is 0.219. The van der Waals surface area contributed by atoms with Gasteiger partial charge >= 0.3 is 0 Å². The summed E-state index contributed by atoms with van der Waals surface area (Å²) in [7, 11) is 0. The second-order valence-corrected chi connectivity index (χ2v) is 6.57. The molecule has 1 aliphatic heterocycles. The lowest BCUT2D eigenvalue weighted by atomic mass is 10.1. The van der Waals surface area contributed by atoms with Crippen molar-refractivity contribution in [2.45, 2.75) is 45.7 Å². The third-order valence-electron chi connectivity index (χ3n) is 3.27. The lowest BCUT2D eigenvalue weighted by molar-refractivity contribution is 0.378. The number of hydrogen-bond donors (Lipinski definition) is 1. The van der Waals surface area contributed by atoms with Gasteiger partial charge in [-0.25, -0.2) is 4.68 Å². The van der Waals surface area contributed by atoms with Gasteiger partial charge < -0.3 is 5.32 Å². The van der Waals surface area contributed by atoms with Crippen molar-refractivity contribution in [2.75, 3.05) is 18.1 Å². The summed E-state index contributed by atoms with van der Waals surface area (Å²) in [6, 6.07) is 0.705. The Morgan fingerprint density at radius 2 is 2.06 bits per heavy atom. The molecular formula is C12H23N5S. The van der Waals surface area contributed by atoms with E-state index < -0.39 is 0 Å². The molecule has 1 unspecified atom stereocenters. The minimum Gasteiger partial charge on any atom is -0.307 e. The summed E-state index contributed by atoms with van der Waals surface area (Å²) in [6.45, 7) is 7.55. The van der Waals surface area contributed by atoms with Gasteiger partial charge in [0.05, 0.1) is 12.1 Å². The smallest absolute Gasteiger partial charge is 0.168 e. The normalized spacial score (nSPS) is 19.3. The van der Waals surface area contributed by atoms with Crippen molar-refractivity contribution in [1.29, 1.82) is 0 Å². The van der Waals surface area contributed by atoms with E-state index in [9.17, 15) is 0 Å². The van der Waals surface area contributed by atoms with Crippen LogP contribution in [0.15, 0.2) is 0 Å². The average Bonchev–Trinajstić information content (AvgIpc) is 2.86. The van der Waals surface area contributed by atoms with Crippen LogP contribution >= 0.6 is 11.8 Å². The number of aromatic nitrogens is 4. The zero-order valence-corrected chi connectivity index (χ0v) is 12.3. The summed E-state index contributed by atoms with van der Waals surface area (Å²) in [5.74, 6) is 4.06. The Kier molecular flexibility index (Phi) is 5.00. The molecule has 1 aromatic heterocycles. The maximum atomic E-state index is 4.20. The largest absolute Gasteiger partial charge is 0.307 e. The number of tetrazole rings is 1. The maximum Gasteiger partial charge on any atom is 0.168 e. The highest BCUT2D eigenvalue weighted by Gasteiger charge is 2.22. The quantitative estimate of drug-likeness (QED) is 0.886. The third kappa shape index (κ3) is 3.45. The summed E-state index contributed by atoms with van der Waals surface area (Å²) >= 11 is 2.03. The Hall–Kier alpha value is -0.620. The van der Waals surface area contributed by atoms with Gasteiger partial charge in [0.1, 0.15) is 0 Å². The highest BCUT2D eigenvalue weighted by atomic mass is 32.2. The first-order chi connectivity index (χ1) is 8.68. The number of nitrogens with zero attached hydrogens (tertiary/aromatic N) is 4. The summed E-state index contributed by atoms with van der Waals surface area (Å²) < 4.78 is 2.04. The topological polar surface area (TPSA) is 55.6 Å². The monoisotopic (exact) mass is 269 g/mol. The van der Waals surface area contributed by atoms with Gasteiger partial charge in [-0.1, -0.05) is 13.8 Å². The van der Waals surface area contributed by atoms with Gasteiger partial charge in [-0.15, -0.1) is 5.10 Å². The summed E-state index contributed by atoms with van der Waals surface area (Å²) in [6.07, 6.45) is 2.36. The molecule has 5 nitrogen and oxygen atoms in total. The molecule has 1 fully saturated rings. The summed E-state index contributed by atoms with van der Waals surface area (Å²) in [5, 5.41) is 15.8. The van der Waals surface area contributed by atoms with Crippen LogP contribution in [0.2, 0.25) is 0 Å². The van der Waals surface area contributed by atoms with E-state index in [1.165, 1.54) is 24.3 Å². The zero-order chi connectivity index (χ0) is 13.0. The fourth-order valence-corrected chi connectivity index (χ4v) is 3.26. The van der Waals surface area contributed by atoms with Crippen LogP contribution in [0.5, 0.6) is 0 Å². The van der Waals surface area contributed by atoms with E-state index in [2.05, 4.69) is 41.6 Å². The molecule has 102 valence electrons. The Morgan fingerprint density at radius 1 is 1.33 bits per heavy atom. The predicted molar refractivity (Wildman–Crippen MR) is 74.7 cm³/mol. The van der Waals surface area contributed by atoms with E-state index in [1.807, 2.05) is 16.4 Å². The maximum absolute atomic E-state index is 4.20. The van der Waals surface area contributed by atoms with Crippen LogP contribution in [-0.4, -0.2) is 38.3 Å². The van der Waals surface area contributed by atoms with Crippen molar-refractivity contribution < 1.29 is 0 Å². The summed E-state index contributed by atoms with van der Waals surface area (Å²) in [5.41, 5.74) is 0. The fourth-order valence-electron chi connectivity index (χ4n) is 2.18. The molecule has 1 aromatic rings. The SMILES string of the molecule is CC(C)CNC(C)c1nnnn1C1CCSCC1. The average molecular weight is 269 g/mol. The molecule has 1 aliphatic rings. The Balaban J connectivity index is 2.01. The van der Waals surface area contributed by atoms with E-state index in [0.29, 0.717) is 12.0 Å². The second kappa shape index (κ2) is 6.52. The molecule has 0 bridgehead atoms. The third-order valence-corrected chi connectivity index (χ3v) is 4.32. The van der Waals surface area contributed by atoms with Crippen LogP contribution < -0.4 is 5.32 Å². The van der Waals surface area contributed by atoms with Crippen LogP contribution in [0.3, 0.4) is 0 Å². The van der Waals surface area contributed by atoms with Crippen LogP contribution in [0.1, 0.15) is 51.5 Å². The number of rotatable bonds is 5. The first-order valence-corrected chi connectivity index (χ1v) is 7.93. The van der Waals surface area contributed by atoms with Crippen molar-refractivity contribution in [3.63, 3.8) is 0 Å². The molecule has 0 aliphatic carbocycles. The molecule has 0 saturated carbocycles. The molecule has 1 atom stereocenters. The fraction of sp³-hybridized carbons (Fsp3) is 0.917. The van der Waals surface area contributed by atoms with E-state index in [1.54, 1.807) is 0 Å². The van der Waals surface area contributed by atoms with E-state index >= 15 is 0 Å².